The maximum atomic E-state index is 12.1. The lowest BCUT2D eigenvalue weighted by Crippen LogP contribution is -2.34. The van der Waals surface area contributed by atoms with E-state index in [1.807, 2.05) is 0 Å². The highest BCUT2D eigenvalue weighted by molar-refractivity contribution is 5.80. The quantitative estimate of drug-likeness (QED) is 0.568. The van der Waals surface area contributed by atoms with Crippen molar-refractivity contribution in [2.45, 2.75) is 45.8 Å². The summed E-state index contributed by atoms with van der Waals surface area (Å²) in [6, 6.07) is 6.05. The molecular weight excluding hydrogens is 390 g/mol. The number of hydrogen-bond donors (Lipinski definition) is 2. The second-order valence-corrected chi connectivity index (χ2v) is 6.96. The van der Waals surface area contributed by atoms with Crippen molar-refractivity contribution in [2.75, 3.05) is 19.7 Å². The van der Waals surface area contributed by atoms with Crippen LogP contribution < -0.4 is 15.4 Å². The number of alkyl carbamates (subject to hydrolysis) is 1. The second kappa shape index (κ2) is 11.8. The van der Waals surface area contributed by atoms with Crippen LogP contribution in [0.25, 0.3) is 0 Å². The van der Waals surface area contributed by atoms with Crippen LogP contribution in [0.4, 0.5) is 13.6 Å². The number of carbonyl (C=O) groups is 3. The zero-order valence-corrected chi connectivity index (χ0v) is 16.6. The van der Waals surface area contributed by atoms with Crippen molar-refractivity contribution >= 4 is 18.0 Å². The van der Waals surface area contributed by atoms with Crippen LogP contribution >= 0.6 is 0 Å². The molecule has 8 nitrogen and oxygen atoms in total. The third-order valence-corrected chi connectivity index (χ3v) is 3.25. The summed E-state index contributed by atoms with van der Waals surface area (Å²) in [6.45, 7) is 2.15. The van der Waals surface area contributed by atoms with E-state index in [-0.39, 0.29) is 25.3 Å². The molecule has 0 fully saturated rings. The third kappa shape index (κ3) is 12.2. The Morgan fingerprint density at radius 1 is 1.03 bits per heavy atom. The number of halogens is 2. The van der Waals surface area contributed by atoms with E-state index in [0.717, 1.165) is 5.56 Å². The molecule has 0 aliphatic carbocycles. The van der Waals surface area contributed by atoms with Crippen LogP contribution in [0.3, 0.4) is 0 Å². The molecule has 0 aromatic heterocycles. The molecule has 1 rings (SSSR count). The van der Waals surface area contributed by atoms with Crippen LogP contribution in [0.2, 0.25) is 0 Å². The average molecular weight is 416 g/mol. The highest BCUT2D eigenvalue weighted by Crippen LogP contribution is 2.15. The van der Waals surface area contributed by atoms with Crippen LogP contribution in [0.15, 0.2) is 24.3 Å². The molecule has 29 heavy (non-hydrogen) atoms. The van der Waals surface area contributed by atoms with Crippen molar-refractivity contribution in [3.63, 3.8) is 0 Å². The van der Waals surface area contributed by atoms with E-state index >= 15 is 0 Å². The molecule has 0 heterocycles. The van der Waals surface area contributed by atoms with E-state index < -0.39 is 36.8 Å². The van der Waals surface area contributed by atoms with Crippen LogP contribution in [-0.2, 0) is 25.5 Å². The highest BCUT2D eigenvalue weighted by atomic mass is 19.3. The van der Waals surface area contributed by atoms with Crippen LogP contribution in [0, 0.1) is 0 Å². The first-order chi connectivity index (χ1) is 13.5. The van der Waals surface area contributed by atoms with Gasteiger partial charge in [-0.25, -0.2) is 4.79 Å². The maximum absolute atomic E-state index is 12.1. The van der Waals surface area contributed by atoms with Gasteiger partial charge in [-0.1, -0.05) is 12.1 Å². The van der Waals surface area contributed by atoms with Gasteiger partial charge in [0.1, 0.15) is 11.4 Å². The number of rotatable bonds is 10. The first-order valence-electron chi connectivity index (χ1n) is 8.98. The topological polar surface area (TPSA) is 103 Å². The van der Waals surface area contributed by atoms with Crippen molar-refractivity contribution in [3.05, 3.63) is 29.8 Å². The smallest absolute Gasteiger partial charge is 0.407 e. The second-order valence-electron chi connectivity index (χ2n) is 6.96. The Morgan fingerprint density at radius 2 is 1.69 bits per heavy atom. The summed E-state index contributed by atoms with van der Waals surface area (Å²) in [4.78, 5) is 34.6. The van der Waals surface area contributed by atoms with Crippen molar-refractivity contribution in [3.8, 4) is 5.75 Å². The summed E-state index contributed by atoms with van der Waals surface area (Å²) < 4.78 is 38.2. The molecule has 0 atom stereocenters. The van der Waals surface area contributed by atoms with E-state index in [0.29, 0.717) is 6.42 Å². The zero-order chi connectivity index (χ0) is 21.9. The summed E-state index contributed by atoms with van der Waals surface area (Å²) in [7, 11) is 0. The largest absolute Gasteiger partial charge is 0.456 e. The number of amides is 2. The molecule has 0 saturated carbocycles. The Hall–Kier alpha value is -2.91. The molecule has 0 aliphatic rings. The lowest BCUT2D eigenvalue weighted by atomic mass is 10.1. The number of alkyl halides is 2. The van der Waals surface area contributed by atoms with Crippen LogP contribution in [0.5, 0.6) is 5.75 Å². The van der Waals surface area contributed by atoms with Gasteiger partial charge in [0.15, 0.2) is 6.61 Å². The van der Waals surface area contributed by atoms with Gasteiger partial charge in [0.25, 0.3) is 5.91 Å². The minimum atomic E-state index is -2.88. The van der Waals surface area contributed by atoms with Gasteiger partial charge in [-0.15, -0.1) is 0 Å². The standard InChI is InChI=1S/C19H26F2N2O6/c1-19(2,3)29-18(26)23-11-9-16(25)27-12-15(24)22-10-8-13-4-6-14(7-5-13)28-17(20)21/h4-7,17H,8-12H2,1-3H3,(H,22,24)(H,23,26). The van der Waals surface area contributed by atoms with Crippen LogP contribution in [0.1, 0.15) is 32.8 Å². The molecule has 2 amide bonds. The Morgan fingerprint density at radius 3 is 2.28 bits per heavy atom. The molecule has 1 aromatic carbocycles. The summed E-state index contributed by atoms with van der Waals surface area (Å²) >= 11 is 0. The predicted molar refractivity (Wildman–Crippen MR) is 99.6 cm³/mol. The van der Waals surface area contributed by atoms with Gasteiger partial charge in [-0.2, -0.15) is 8.78 Å². The molecule has 162 valence electrons. The van der Waals surface area contributed by atoms with E-state index in [9.17, 15) is 23.2 Å². The molecule has 0 spiro atoms. The molecule has 10 heteroatoms. The molecule has 0 bridgehead atoms. The Kier molecular flexibility index (Phi) is 9.84. The SMILES string of the molecule is CC(C)(C)OC(=O)NCCC(=O)OCC(=O)NCCc1ccc(OC(F)F)cc1. The van der Waals surface area contributed by atoms with E-state index in [1.54, 1.807) is 32.9 Å². The summed E-state index contributed by atoms with van der Waals surface area (Å²) in [5.41, 5.74) is 0.182. The fourth-order valence-corrected chi connectivity index (χ4v) is 2.03. The first kappa shape index (κ1) is 24.1. The molecule has 0 aliphatic heterocycles. The molecule has 0 saturated heterocycles. The van der Waals surface area contributed by atoms with Gasteiger partial charge >= 0.3 is 18.7 Å². The third-order valence-electron chi connectivity index (χ3n) is 3.25. The fourth-order valence-electron chi connectivity index (χ4n) is 2.03. The van der Waals surface area contributed by atoms with Crippen LogP contribution in [-0.4, -0.2) is 49.9 Å². The number of ether oxygens (including phenoxy) is 3. The maximum Gasteiger partial charge on any atom is 0.407 e. The summed E-state index contributed by atoms with van der Waals surface area (Å²) in [5, 5.41) is 4.99. The van der Waals surface area contributed by atoms with Gasteiger partial charge in [-0.3, -0.25) is 9.59 Å². The number of nitrogens with one attached hydrogen (secondary N) is 2. The highest BCUT2D eigenvalue weighted by Gasteiger charge is 2.16. The number of benzene rings is 1. The Labute approximate surface area is 167 Å². The van der Waals surface area contributed by atoms with E-state index in [2.05, 4.69) is 15.4 Å². The summed E-state index contributed by atoms with van der Waals surface area (Å²) in [5.74, 6) is -1.05. The number of hydrogen-bond acceptors (Lipinski definition) is 6. The van der Waals surface area contributed by atoms with Crippen molar-refractivity contribution in [2.24, 2.45) is 0 Å². The normalized spacial score (nSPS) is 11.0. The van der Waals surface area contributed by atoms with Gasteiger partial charge in [0.2, 0.25) is 0 Å². The Balaban J connectivity index is 2.15. The number of esters is 1. The zero-order valence-electron chi connectivity index (χ0n) is 16.6. The summed E-state index contributed by atoms with van der Waals surface area (Å²) in [6.07, 6.45) is -0.273. The first-order valence-corrected chi connectivity index (χ1v) is 8.98. The van der Waals surface area contributed by atoms with Gasteiger partial charge < -0.3 is 24.8 Å². The van der Waals surface area contributed by atoms with E-state index in [4.69, 9.17) is 9.47 Å². The van der Waals surface area contributed by atoms with Gasteiger partial charge in [0, 0.05) is 13.1 Å². The van der Waals surface area contributed by atoms with Crippen molar-refractivity contribution in [1.29, 1.82) is 0 Å². The minimum absolute atomic E-state index is 0.0284. The minimum Gasteiger partial charge on any atom is -0.456 e. The Bertz CT molecular complexity index is 674. The fraction of sp³-hybridized carbons (Fsp3) is 0.526. The monoisotopic (exact) mass is 416 g/mol. The van der Waals surface area contributed by atoms with Crippen molar-refractivity contribution < 1.29 is 37.4 Å². The van der Waals surface area contributed by atoms with Gasteiger partial charge in [0.05, 0.1) is 6.42 Å². The molecule has 1 aromatic rings. The molecule has 2 N–H and O–H groups in total. The lowest BCUT2D eigenvalue weighted by Gasteiger charge is -2.19. The molecule has 0 radical (unpaired) electrons. The van der Waals surface area contributed by atoms with Gasteiger partial charge in [-0.05, 0) is 44.9 Å². The van der Waals surface area contributed by atoms with E-state index in [1.165, 1.54) is 12.1 Å². The average Bonchev–Trinajstić information content (AvgIpc) is 2.59. The van der Waals surface area contributed by atoms with Crippen molar-refractivity contribution in [1.82, 2.24) is 10.6 Å². The molecule has 0 unspecified atom stereocenters. The predicted octanol–water partition coefficient (Wildman–Crippen LogP) is 2.40. The lowest BCUT2D eigenvalue weighted by molar-refractivity contribution is -0.148. The number of carbonyl (C=O) groups excluding carboxylic acids is 3. The molecular formula is C19H26F2N2O6.